The van der Waals surface area contributed by atoms with Gasteiger partial charge in [0.15, 0.2) is 0 Å². The monoisotopic (exact) mass is 254 g/mol. The molecule has 1 unspecified atom stereocenters. The molecule has 2 rings (SSSR count). The van der Waals surface area contributed by atoms with Crippen molar-refractivity contribution in [3.8, 4) is 0 Å². The van der Waals surface area contributed by atoms with Crippen molar-refractivity contribution in [3.63, 3.8) is 0 Å². The van der Waals surface area contributed by atoms with E-state index in [2.05, 4.69) is 11.8 Å². The number of carbonyl (C=O) groups is 1. The van der Waals surface area contributed by atoms with Gasteiger partial charge in [-0.05, 0) is 53.5 Å². The van der Waals surface area contributed by atoms with E-state index >= 15 is 0 Å². The van der Waals surface area contributed by atoms with E-state index < -0.39 is 5.60 Å². The first kappa shape index (κ1) is 13.7. The molecule has 1 amide bonds. The molecule has 0 N–H and O–H groups in total. The quantitative estimate of drug-likeness (QED) is 0.720. The van der Waals surface area contributed by atoms with Crippen molar-refractivity contribution in [1.82, 2.24) is 9.80 Å². The third-order valence-electron chi connectivity index (χ3n) is 3.89. The van der Waals surface area contributed by atoms with Gasteiger partial charge in [-0.2, -0.15) is 0 Å². The molecule has 0 aromatic rings. The molecule has 0 radical (unpaired) electrons. The first-order chi connectivity index (χ1) is 8.37. The maximum Gasteiger partial charge on any atom is 0.410 e. The van der Waals surface area contributed by atoms with Crippen LogP contribution < -0.4 is 0 Å². The van der Waals surface area contributed by atoms with Crippen molar-refractivity contribution in [2.24, 2.45) is 0 Å². The van der Waals surface area contributed by atoms with Crippen molar-refractivity contribution in [2.75, 3.05) is 19.6 Å². The summed E-state index contributed by atoms with van der Waals surface area (Å²) < 4.78 is 5.43. The first-order valence-electron chi connectivity index (χ1n) is 7.10. The SMILES string of the molecule is C[C@H]1CCCN1C1CCN(C(=O)OC(C)(C)C)C1. The third-order valence-corrected chi connectivity index (χ3v) is 3.89. The molecule has 0 aromatic carbocycles. The van der Waals surface area contributed by atoms with Gasteiger partial charge in [0.1, 0.15) is 5.60 Å². The zero-order valence-electron chi connectivity index (χ0n) is 12.1. The third kappa shape index (κ3) is 3.16. The van der Waals surface area contributed by atoms with Crippen LogP contribution in [0.15, 0.2) is 0 Å². The molecule has 0 aromatic heterocycles. The molecule has 0 saturated carbocycles. The van der Waals surface area contributed by atoms with Gasteiger partial charge >= 0.3 is 6.09 Å². The normalized spacial score (nSPS) is 29.9. The Morgan fingerprint density at radius 2 is 1.94 bits per heavy atom. The minimum Gasteiger partial charge on any atom is -0.444 e. The summed E-state index contributed by atoms with van der Waals surface area (Å²) in [7, 11) is 0. The van der Waals surface area contributed by atoms with Crippen molar-refractivity contribution in [2.45, 2.75) is 64.6 Å². The van der Waals surface area contributed by atoms with Gasteiger partial charge in [0.2, 0.25) is 0 Å². The summed E-state index contributed by atoms with van der Waals surface area (Å²) in [4.78, 5) is 16.4. The van der Waals surface area contributed by atoms with E-state index in [1.165, 1.54) is 19.4 Å². The number of rotatable bonds is 1. The predicted molar refractivity (Wildman–Crippen MR) is 71.6 cm³/mol. The molecule has 4 heteroatoms. The Bertz CT molecular complexity index is 311. The number of carbonyl (C=O) groups excluding carboxylic acids is 1. The summed E-state index contributed by atoms with van der Waals surface area (Å²) in [5, 5.41) is 0. The molecule has 0 aliphatic carbocycles. The lowest BCUT2D eigenvalue weighted by Gasteiger charge is -2.29. The molecule has 2 aliphatic rings. The van der Waals surface area contributed by atoms with Crippen LogP contribution in [-0.4, -0.2) is 53.2 Å². The average Bonchev–Trinajstić information content (AvgIpc) is 2.82. The number of hydrogen-bond donors (Lipinski definition) is 0. The van der Waals surface area contributed by atoms with Gasteiger partial charge in [-0.25, -0.2) is 4.79 Å². The molecular formula is C14H26N2O2. The van der Waals surface area contributed by atoms with Crippen LogP contribution in [0, 0.1) is 0 Å². The van der Waals surface area contributed by atoms with Gasteiger partial charge in [-0.15, -0.1) is 0 Å². The Morgan fingerprint density at radius 1 is 1.22 bits per heavy atom. The second-order valence-electron chi connectivity index (χ2n) is 6.60. The number of nitrogens with zero attached hydrogens (tertiary/aromatic N) is 2. The van der Waals surface area contributed by atoms with Crippen LogP contribution >= 0.6 is 0 Å². The molecule has 18 heavy (non-hydrogen) atoms. The highest BCUT2D eigenvalue weighted by molar-refractivity contribution is 5.68. The predicted octanol–water partition coefficient (Wildman–Crippen LogP) is 2.48. The molecule has 2 fully saturated rings. The van der Waals surface area contributed by atoms with Gasteiger partial charge < -0.3 is 9.64 Å². The second-order valence-corrected chi connectivity index (χ2v) is 6.60. The van der Waals surface area contributed by atoms with E-state index in [9.17, 15) is 4.79 Å². The zero-order valence-corrected chi connectivity index (χ0v) is 12.1. The fraction of sp³-hybridized carbons (Fsp3) is 0.929. The minimum atomic E-state index is -0.393. The second kappa shape index (κ2) is 5.08. The van der Waals surface area contributed by atoms with Crippen molar-refractivity contribution in [3.05, 3.63) is 0 Å². The fourth-order valence-corrected chi connectivity index (χ4v) is 3.00. The topological polar surface area (TPSA) is 32.8 Å². The molecule has 0 bridgehead atoms. The molecule has 2 aliphatic heterocycles. The van der Waals surface area contributed by atoms with Gasteiger partial charge in [0, 0.05) is 25.2 Å². The lowest BCUT2D eigenvalue weighted by molar-refractivity contribution is 0.0278. The van der Waals surface area contributed by atoms with Crippen molar-refractivity contribution >= 4 is 6.09 Å². The average molecular weight is 254 g/mol. The molecule has 4 nitrogen and oxygen atoms in total. The highest BCUT2D eigenvalue weighted by Crippen LogP contribution is 2.25. The zero-order chi connectivity index (χ0) is 13.3. The highest BCUT2D eigenvalue weighted by atomic mass is 16.6. The summed E-state index contributed by atoms with van der Waals surface area (Å²) >= 11 is 0. The minimum absolute atomic E-state index is 0.156. The largest absolute Gasteiger partial charge is 0.444 e. The summed E-state index contributed by atoms with van der Waals surface area (Å²) in [6, 6.07) is 1.21. The lowest BCUT2D eigenvalue weighted by Crippen LogP contribution is -2.41. The van der Waals surface area contributed by atoms with E-state index in [0.29, 0.717) is 12.1 Å². The summed E-state index contributed by atoms with van der Waals surface area (Å²) in [6.07, 6.45) is 3.52. The first-order valence-corrected chi connectivity index (χ1v) is 7.10. The van der Waals surface area contributed by atoms with Gasteiger partial charge in [0.25, 0.3) is 0 Å². The number of ether oxygens (including phenoxy) is 1. The Kier molecular flexibility index (Phi) is 3.85. The van der Waals surface area contributed by atoms with Crippen LogP contribution in [0.3, 0.4) is 0 Å². The highest BCUT2D eigenvalue weighted by Gasteiger charge is 2.35. The van der Waals surface area contributed by atoms with Crippen LogP contribution in [-0.2, 0) is 4.74 Å². The summed E-state index contributed by atoms with van der Waals surface area (Å²) in [6.45, 7) is 10.9. The fourth-order valence-electron chi connectivity index (χ4n) is 3.00. The van der Waals surface area contributed by atoms with Gasteiger partial charge in [-0.3, -0.25) is 4.90 Å². The van der Waals surface area contributed by atoms with E-state index in [-0.39, 0.29) is 6.09 Å². The molecular weight excluding hydrogens is 228 g/mol. The summed E-state index contributed by atoms with van der Waals surface area (Å²) in [5.41, 5.74) is -0.393. The van der Waals surface area contributed by atoms with Crippen LogP contribution in [0.5, 0.6) is 0 Å². The van der Waals surface area contributed by atoms with Gasteiger partial charge in [-0.1, -0.05) is 0 Å². The Hall–Kier alpha value is -0.770. The molecule has 2 heterocycles. The standard InChI is InChI=1S/C14H26N2O2/c1-11-6-5-8-16(11)12-7-9-15(10-12)13(17)18-14(2,3)4/h11-12H,5-10H2,1-4H3/t11-,12?/m0/s1. The van der Waals surface area contributed by atoms with Crippen molar-refractivity contribution < 1.29 is 9.53 Å². The molecule has 2 saturated heterocycles. The Morgan fingerprint density at radius 3 is 2.50 bits per heavy atom. The Balaban J connectivity index is 1.86. The number of amides is 1. The maximum absolute atomic E-state index is 12.0. The Labute approximate surface area is 110 Å². The van der Waals surface area contributed by atoms with E-state index in [1.807, 2.05) is 25.7 Å². The van der Waals surface area contributed by atoms with E-state index in [0.717, 1.165) is 19.5 Å². The maximum atomic E-state index is 12.0. The van der Waals surface area contributed by atoms with Crippen LogP contribution in [0.1, 0.15) is 47.0 Å². The number of hydrogen-bond acceptors (Lipinski definition) is 3. The van der Waals surface area contributed by atoms with E-state index in [1.54, 1.807) is 0 Å². The van der Waals surface area contributed by atoms with Crippen LogP contribution in [0.4, 0.5) is 4.79 Å². The van der Waals surface area contributed by atoms with Crippen molar-refractivity contribution in [1.29, 1.82) is 0 Å². The smallest absolute Gasteiger partial charge is 0.410 e. The summed E-state index contributed by atoms with van der Waals surface area (Å²) in [5.74, 6) is 0. The number of likely N-dealkylation sites (tertiary alicyclic amines) is 2. The van der Waals surface area contributed by atoms with Crippen LogP contribution in [0.25, 0.3) is 0 Å². The van der Waals surface area contributed by atoms with Crippen LogP contribution in [0.2, 0.25) is 0 Å². The molecule has 104 valence electrons. The van der Waals surface area contributed by atoms with Gasteiger partial charge in [0.05, 0.1) is 0 Å². The lowest BCUT2D eigenvalue weighted by atomic mass is 10.2. The van der Waals surface area contributed by atoms with E-state index in [4.69, 9.17) is 4.74 Å². The molecule has 0 spiro atoms. The molecule has 2 atom stereocenters.